The number of benzene rings is 5. The summed E-state index contributed by atoms with van der Waals surface area (Å²) in [5.41, 5.74) is 8.33. The van der Waals surface area contributed by atoms with Crippen LogP contribution in [0.2, 0.25) is 0 Å². The van der Waals surface area contributed by atoms with Gasteiger partial charge in [0.15, 0.2) is 0 Å². The van der Waals surface area contributed by atoms with Crippen LogP contribution < -0.4 is 0 Å². The van der Waals surface area contributed by atoms with E-state index in [4.69, 9.17) is 5.11 Å². The standard InChI is InChI=1S/C16H18.C11H16.C10H20.C10H14.C9H18.C9H12.C7H10S.C7H16.C6H14.C5H12O.C5H12.C4H10/c1-13(2)12-14-8-10-16(11-9-14)15-6-4-3-5-7-15;1-10(2)8-9-11-6-4-3-5-7-11;2*1-9(2)8-10-6-4-3-5-7-10;2*1-8(2)9-6-4-3-5-7-9;1-6(2)7-4-3-5-8-7;1-5-7(4)6(2)3;1-4-5-6(2)3;1-5(2)3-4-6;1-4-5(2)3;1-4(2)3/h3-11,13H,12H2,1-2H3;3-7,10H,8-9H2,1-2H3;9-10H,3-8H2,1-2H3;3-7,9H,8H2,1-2H3;8-9H,3-7H2,1-2H3;3-8H,1-2H3;3-6H,1-2H3;6-7H,5H2,1-4H3;6H,4-5H2,1-3H3;5-6H,3-4H2,1-2H3;5H,4H2,1-3H3;4H,1-3H3. The molecule has 5 aromatic carbocycles. The quantitative estimate of drug-likeness (QED) is 0.0808. The first kappa shape index (κ1) is 103. The summed E-state index contributed by atoms with van der Waals surface area (Å²) in [5.74, 6) is 12.7. The maximum atomic E-state index is 8.24. The monoisotopic (exact) mass is 1410 g/mol. The van der Waals surface area contributed by atoms with Crippen LogP contribution in [0.1, 0.15) is 349 Å². The van der Waals surface area contributed by atoms with E-state index in [9.17, 15) is 0 Å². The molecule has 8 rings (SSSR count). The van der Waals surface area contributed by atoms with Gasteiger partial charge in [-0.3, -0.25) is 0 Å². The molecule has 2 aliphatic rings. The Bertz CT molecular complexity index is 2470. The molecule has 101 heavy (non-hydrogen) atoms. The van der Waals surface area contributed by atoms with E-state index in [1.54, 1.807) is 0 Å². The van der Waals surface area contributed by atoms with E-state index >= 15 is 0 Å². The summed E-state index contributed by atoms with van der Waals surface area (Å²) < 4.78 is 0. The highest BCUT2D eigenvalue weighted by molar-refractivity contribution is 7.10. The first-order valence-corrected chi connectivity index (χ1v) is 42.5. The molecule has 2 saturated carbocycles. The second kappa shape index (κ2) is 70.1. The van der Waals surface area contributed by atoms with Crippen LogP contribution in [0.25, 0.3) is 11.1 Å². The molecule has 1 nitrogen and oxygen atoms in total. The zero-order chi connectivity index (χ0) is 77.3. The van der Waals surface area contributed by atoms with Crippen molar-refractivity contribution in [2.24, 2.45) is 76.9 Å². The summed E-state index contributed by atoms with van der Waals surface area (Å²) >= 11 is 1.83. The van der Waals surface area contributed by atoms with Crippen LogP contribution >= 0.6 is 11.3 Å². The van der Waals surface area contributed by atoms with Gasteiger partial charge in [0.2, 0.25) is 0 Å². The van der Waals surface area contributed by atoms with Crippen LogP contribution in [0.15, 0.2) is 163 Å². The van der Waals surface area contributed by atoms with Crippen molar-refractivity contribution in [3.05, 3.63) is 190 Å². The molecule has 0 bridgehead atoms. The van der Waals surface area contributed by atoms with Crippen LogP contribution in [-0.4, -0.2) is 11.7 Å². The lowest BCUT2D eigenvalue weighted by Gasteiger charge is -2.24. The van der Waals surface area contributed by atoms with Crippen molar-refractivity contribution in [1.82, 2.24) is 0 Å². The molecule has 580 valence electrons. The van der Waals surface area contributed by atoms with Crippen LogP contribution in [0, 0.1) is 76.9 Å². The van der Waals surface area contributed by atoms with Crippen molar-refractivity contribution in [3.8, 4) is 11.1 Å². The van der Waals surface area contributed by atoms with Gasteiger partial charge < -0.3 is 5.11 Å². The van der Waals surface area contributed by atoms with Crippen molar-refractivity contribution >= 4 is 11.3 Å². The highest BCUT2D eigenvalue weighted by Crippen LogP contribution is 2.30. The molecular formula is C99H172OS. The minimum absolute atomic E-state index is 0.331. The Morgan fingerprint density at radius 2 is 0.762 bits per heavy atom. The van der Waals surface area contributed by atoms with Crippen molar-refractivity contribution < 1.29 is 5.11 Å². The zero-order valence-corrected chi connectivity index (χ0v) is 73.3. The average molecular weight is 1410 g/mol. The largest absolute Gasteiger partial charge is 0.396 e. The van der Waals surface area contributed by atoms with Crippen LogP contribution in [0.5, 0.6) is 0 Å². The molecule has 2 heteroatoms. The Morgan fingerprint density at radius 3 is 1.03 bits per heavy atom. The lowest BCUT2D eigenvalue weighted by Crippen LogP contribution is -2.12. The molecule has 2 fully saturated rings. The molecule has 0 aliphatic heterocycles. The average Bonchev–Trinajstić information content (AvgIpc) is 0.938. The Kier molecular flexibility index (Phi) is 71.6. The van der Waals surface area contributed by atoms with E-state index < -0.39 is 0 Å². The predicted molar refractivity (Wildman–Crippen MR) is 468 cm³/mol. The Morgan fingerprint density at radius 1 is 0.366 bits per heavy atom. The van der Waals surface area contributed by atoms with Gasteiger partial charge in [0.1, 0.15) is 0 Å². The van der Waals surface area contributed by atoms with E-state index in [2.05, 4.69) is 358 Å². The minimum atomic E-state index is 0.331. The smallest absolute Gasteiger partial charge is 0.0433 e. The van der Waals surface area contributed by atoms with Gasteiger partial charge >= 0.3 is 0 Å². The van der Waals surface area contributed by atoms with Crippen molar-refractivity contribution in [2.75, 3.05) is 6.61 Å². The fourth-order valence-electron chi connectivity index (χ4n) is 10.8. The lowest BCUT2D eigenvalue weighted by atomic mass is 9.82. The summed E-state index contributed by atoms with van der Waals surface area (Å²) in [4.78, 5) is 1.48. The molecule has 1 unspecified atom stereocenters. The molecule has 2 aliphatic carbocycles. The molecule has 0 amide bonds. The number of hydrogen-bond donors (Lipinski definition) is 1. The predicted octanol–water partition coefficient (Wildman–Crippen LogP) is 33.1. The van der Waals surface area contributed by atoms with Gasteiger partial charge in [-0.15, -0.1) is 11.3 Å². The second-order valence-electron chi connectivity index (χ2n) is 33.9. The number of aliphatic hydroxyl groups is 1. The Labute approximate surface area is 638 Å². The van der Waals surface area contributed by atoms with Gasteiger partial charge in [0, 0.05) is 11.5 Å². The van der Waals surface area contributed by atoms with Crippen LogP contribution in [0.3, 0.4) is 0 Å². The van der Waals surface area contributed by atoms with E-state index in [-0.39, 0.29) is 0 Å². The van der Waals surface area contributed by atoms with Gasteiger partial charge in [0.05, 0.1) is 0 Å². The van der Waals surface area contributed by atoms with E-state index in [0.29, 0.717) is 24.4 Å². The van der Waals surface area contributed by atoms with Gasteiger partial charge in [-0.05, 0) is 172 Å². The highest BCUT2D eigenvalue weighted by atomic mass is 32.1. The summed E-state index contributed by atoms with van der Waals surface area (Å²) in [5, 5.41) is 10.4. The number of aliphatic hydroxyl groups excluding tert-OH is 1. The first-order valence-electron chi connectivity index (χ1n) is 41.7. The first-order chi connectivity index (χ1) is 47.8. The van der Waals surface area contributed by atoms with E-state index in [1.165, 1.54) is 154 Å². The maximum Gasteiger partial charge on any atom is 0.0433 e. The number of rotatable bonds is 20. The Hall–Kier alpha value is -4.24. The number of hydrogen-bond acceptors (Lipinski definition) is 2. The Balaban J connectivity index is -0.000000517. The molecule has 1 heterocycles. The van der Waals surface area contributed by atoms with Crippen LogP contribution in [0.4, 0.5) is 0 Å². The third kappa shape index (κ3) is 72.5. The summed E-state index contributed by atoms with van der Waals surface area (Å²) in [6.07, 6.45) is 27.6. The lowest BCUT2D eigenvalue weighted by molar-refractivity contribution is 0.268. The third-order valence-corrected chi connectivity index (χ3v) is 19.1. The minimum Gasteiger partial charge on any atom is -0.396 e. The molecule has 1 N–H and O–H groups in total. The molecule has 0 radical (unpaired) electrons. The fourth-order valence-corrected chi connectivity index (χ4v) is 11.5. The van der Waals surface area contributed by atoms with Gasteiger partial charge in [-0.1, -0.05) is 442 Å². The van der Waals surface area contributed by atoms with Crippen LogP contribution in [-0.2, 0) is 19.3 Å². The fraction of sp³-hybridized carbons (Fsp3) is 0.657. The maximum absolute atomic E-state index is 8.24. The zero-order valence-electron chi connectivity index (χ0n) is 72.5. The van der Waals surface area contributed by atoms with Gasteiger partial charge in [0.25, 0.3) is 0 Å². The number of thiophene rings is 1. The molecule has 1 atom stereocenters. The molecular weight excluding hydrogens is 1240 g/mol. The van der Waals surface area contributed by atoms with E-state index in [0.717, 1.165) is 83.9 Å². The summed E-state index contributed by atoms with van der Waals surface area (Å²) in [6, 6.07) is 55.5. The molecule has 1 aromatic heterocycles. The number of aryl methyl sites for hydroxylation is 1. The van der Waals surface area contributed by atoms with Gasteiger partial charge in [-0.2, -0.15) is 0 Å². The highest BCUT2D eigenvalue weighted by Gasteiger charge is 2.16. The normalized spacial score (nSPS) is 12.9. The molecule has 6 aromatic rings. The SMILES string of the molecule is CC(C)C.CC(C)C1CCCCC1.CC(C)CC1CCCCC1.CC(C)CCO.CC(C)CCc1ccccc1.CC(C)Cc1ccc(-c2ccccc2)cc1.CC(C)Cc1ccccc1.CC(C)c1ccccc1.CC(C)c1cccs1.CCC(C)C.CCC(C)C(C)C.CCCC(C)C. The molecule has 0 spiro atoms. The summed E-state index contributed by atoms with van der Waals surface area (Å²) in [7, 11) is 0. The van der Waals surface area contributed by atoms with Crippen molar-refractivity contribution in [2.45, 2.75) is 341 Å². The second-order valence-corrected chi connectivity index (χ2v) is 34.9. The summed E-state index contributed by atoms with van der Waals surface area (Å²) in [6.45, 7) is 65.2. The third-order valence-electron chi connectivity index (χ3n) is 17.9. The van der Waals surface area contributed by atoms with Gasteiger partial charge in [-0.25, -0.2) is 0 Å². The topological polar surface area (TPSA) is 20.2 Å². The van der Waals surface area contributed by atoms with Crippen molar-refractivity contribution in [1.29, 1.82) is 0 Å². The van der Waals surface area contributed by atoms with Crippen molar-refractivity contribution in [3.63, 3.8) is 0 Å². The van der Waals surface area contributed by atoms with E-state index in [1.807, 2.05) is 17.4 Å². The molecule has 0 saturated heterocycles.